The van der Waals surface area contributed by atoms with Gasteiger partial charge in [0, 0.05) is 37.6 Å². The number of benzene rings is 2. The van der Waals surface area contributed by atoms with Gasteiger partial charge in [-0.25, -0.2) is 0 Å². The predicted molar refractivity (Wildman–Crippen MR) is 157 cm³/mol. The molecule has 0 fully saturated rings. The van der Waals surface area contributed by atoms with Crippen LogP contribution in [0.1, 0.15) is 38.8 Å². The molecule has 0 heterocycles. The van der Waals surface area contributed by atoms with Gasteiger partial charge in [-0.15, -0.1) is 49.6 Å². The summed E-state index contributed by atoms with van der Waals surface area (Å²) in [5.41, 5.74) is 5.10. The summed E-state index contributed by atoms with van der Waals surface area (Å²) in [5, 5.41) is 7.05. The molecule has 2 N–H and O–H groups in total. The summed E-state index contributed by atoms with van der Waals surface area (Å²) in [7, 11) is 0. The molecule has 0 aliphatic heterocycles. The largest absolute Gasteiger partial charge is 0.384 e. The number of nitrogens with zero attached hydrogens (tertiary/aromatic N) is 2. The number of nitrogens with one attached hydrogen (secondary N) is 2. The van der Waals surface area contributed by atoms with Gasteiger partial charge in [-0.2, -0.15) is 0 Å². The lowest BCUT2D eigenvalue weighted by molar-refractivity contribution is 0.316. The smallest absolute Gasteiger partial charge is 0.0340 e. The Morgan fingerprint density at radius 3 is 1.09 bits per heavy atom. The van der Waals surface area contributed by atoms with Crippen molar-refractivity contribution in [2.75, 3.05) is 63.0 Å². The lowest BCUT2D eigenvalue weighted by Gasteiger charge is -2.18. The SMILES string of the molecule is CCN(CC)CCNc1ccc(Cc2ccc(NCCN(CC)CC)cc2)cc1.Cl.Cl.Cl.Cl. The van der Waals surface area contributed by atoms with E-state index >= 15 is 0 Å². The van der Waals surface area contributed by atoms with E-state index < -0.39 is 0 Å². The highest BCUT2D eigenvalue weighted by molar-refractivity contribution is 5.86. The van der Waals surface area contributed by atoms with Crippen molar-refractivity contribution in [3.05, 3.63) is 59.7 Å². The van der Waals surface area contributed by atoms with E-state index in [0.29, 0.717) is 0 Å². The fourth-order valence-electron chi connectivity index (χ4n) is 3.51. The summed E-state index contributed by atoms with van der Waals surface area (Å²) in [5.74, 6) is 0. The number of rotatable bonds is 14. The molecule has 2 rings (SSSR count). The van der Waals surface area contributed by atoms with Crippen LogP contribution in [-0.4, -0.2) is 62.2 Å². The van der Waals surface area contributed by atoms with E-state index in [1.165, 1.54) is 22.5 Å². The van der Waals surface area contributed by atoms with Crippen LogP contribution in [0.3, 0.4) is 0 Å². The standard InChI is InChI=1S/C25H40N4.4ClH/c1-5-28(6-2)19-17-26-24-13-9-22(10-14-24)21-23-11-15-25(16-12-23)27-18-20-29(7-3)8-4;;;;/h9-16,26-27H,5-8,17-21H2,1-4H3;4*1H. The first-order valence-electron chi connectivity index (χ1n) is 11.3. The van der Waals surface area contributed by atoms with E-state index in [-0.39, 0.29) is 49.6 Å². The number of hydrogen-bond donors (Lipinski definition) is 2. The lowest BCUT2D eigenvalue weighted by Crippen LogP contribution is -2.28. The van der Waals surface area contributed by atoms with E-state index in [1.807, 2.05) is 0 Å². The van der Waals surface area contributed by atoms with Gasteiger partial charge in [0.05, 0.1) is 0 Å². The second-order valence-electron chi connectivity index (χ2n) is 7.48. The van der Waals surface area contributed by atoms with E-state index in [9.17, 15) is 0 Å². The average Bonchev–Trinajstić information content (AvgIpc) is 2.76. The number of halogens is 4. The zero-order valence-corrected chi connectivity index (χ0v) is 23.8. The first-order chi connectivity index (χ1) is 14.2. The Bertz CT molecular complexity index is 616. The molecule has 0 saturated heterocycles. The Labute approximate surface area is 226 Å². The van der Waals surface area contributed by atoms with Gasteiger partial charge in [-0.05, 0) is 68.0 Å². The first-order valence-corrected chi connectivity index (χ1v) is 11.3. The molecule has 0 radical (unpaired) electrons. The molecule has 0 saturated carbocycles. The van der Waals surface area contributed by atoms with Gasteiger partial charge in [0.25, 0.3) is 0 Å². The molecule has 2 aromatic carbocycles. The Morgan fingerprint density at radius 1 is 0.515 bits per heavy atom. The highest BCUT2D eigenvalue weighted by atomic mass is 35.5. The third-order valence-corrected chi connectivity index (χ3v) is 5.62. The normalized spacial score (nSPS) is 9.88. The molecule has 0 amide bonds. The van der Waals surface area contributed by atoms with Gasteiger partial charge >= 0.3 is 0 Å². The molecule has 0 atom stereocenters. The fourth-order valence-corrected chi connectivity index (χ4v) is 3.51. The van der Waals surface area contributed by atoms with Crippen LogP contribution in [0.25, 0.3) is 0 Å². The van der Waals surface area contributed by atoms with Crippen LogP contribution in [-0.2, 0) is 6.42 Å². The van der Waals surface area contributed by atoms with Crippen molar-refractivity contribution in [1.82, 2.24) is 9.80 Å². The van der Waals surface area contributed by atoms with Crippen LogP contribution < -0.4 is 10.6 Å². The second-order valence-corrected chi connectivity index (χ2v) is 7.48. The number of likely N-dealkylation sites (N-methyl/N-ethyl adjacent to an activating group) is 2. The van der Waals surface area contributed by atoms with Crippen LogP contribution in [0, 0.1) is 0 Å². The molecule has 0 bridgehead atoms. The number of hydrogen-bond acceptors (Lipinski definition) is 4. The van der Waals surface area contributed by atoms with E-state index in [1.54, 1.807) is 0 Å². The van der Waals surface area contributed by atoms with E-state index in [2.05, 4.69) is 96.7 Å². The zero-order valence-electron chi connectivity index (χ0n) is 20.5. The summed E-state index contributed by atoms with van der Waals surface area (Å²) in [6.07, 6.45) is 0.972. The molecule has 0 aliphatic carbocycles. The minimum atomic E-state index is 0. The Hall–Kier alpha value is -0.880. The quantitative estimate of drug-likeness (QED) is 0.287. The predicted octanol–water partition coefficient (Wildman–Crippen LogP) is 6.47. The average molecular weight is 542 g/mol. The summed E-state index contributed by atoms with van der Waals surface area (Å²) in [6, 6.07) is 17.7. The topological polar surface area (TPSA) is 30.5 Å². The molecule has 192 valence electrons. The Kier molecular flexibility index (Phi) is 24.1. The molecule has 2 aromatic rings. The molecule has 0 spiro atoms. The van der Waals surface area contributed by atoms with Crippen LogP contribution in [0.2, 0.25) is 0 Å². The second kappa shape index (κ2) is 21.6. The fraction of sp³-hybridized carbons (Fsp3) is 0.520. The minimum Gasteiger partial charge on any atom is -0.384 e. The summed E-state index contributed by atoms with van der Waals surface area (Å²) in [6.45, 7) is 17.5. The van der Waals surface area contributed by atoms with Crippen molar-refractivity contribution in [2.24, 2.45) is 0 Å². The molecule has 33 heavy (non-hydrogen) atoms. The van der Waals surface area contributed by atoms with Crippen LogP contribution in [0.5, 0.6) is 0 Å². The maximum absolute atomic E-state index is 3.52. The van der Waals surface area contributed by atoms with Gasteiger partial charge in [-0.3, -0.25) is 0 Å². The summed E-state index contributed by atoms with van der Waals surface area (Å²) < 4.78 is 0. The van der Waals surface area contributed by atoms with Crippen LogP contribution in [0.15, 0.2) is 48.5 Å². The van der Waals surface area contributed by atoms with Crippen molar-refractivity contribution in [1.29, 1.82) is 0 Å². The van der Waals surface area contributed by atoms with E-state index in [0.717, 1.165) is 58.8 Å². The minimum absolute atomic E-state index is 0. The van der Waals surface area contributed by atoms with Crippen LogP contribution in [0.4, 0.5) is 11.4 Å². The number of anilines is 2. The van der Waals surface area contributed by atoms with Gasteiger partial charge < -0.3 is 20.4 Å². The van der Waals surface area contributed by atoms with Crippen LogP contribution >= 0.6 is 49.6 Å². The zero-order chi connectivity index (χ0) is 20.9. The van der Waals surface area contributed by atoms with Crippen molar-refractivity contribution < 1.29 is 0 Å². The molecule has 8 heteroatoms. The maximum Gasteiger partial charge on any atom is 0.0340 e. The molecular weight excluding hydrogens is 498 g/mol. The van der Waals surface area contributed by atoms with Gasteiger partial charge in [0.15, 0.2) is 0 Å². The summed E-state index contributed by atoms with van der Waals surface area (Å²) in [4.78, 5) is 4.87. The van der Waals surface area contributed by atoms with Gasteiger partial charge in [0.1, 0.15) is 0 Å². The van der Waals surface area contributed by atoms with Gasteiger partial charge in [-0.1, -0.05) is 52.0 Å². The van der Waals surface area contributed by atoms with Crippen molar-refractivity contribution in [3.8, 4) is 0 Å². The lowest BCUT2D eigenvalue weighted by atomic mass is 10.0. The highest BCUT2D eigenvalue weighted by Gasteiger charge is 2.01. The van der Waals surface area contributed by atoms with Gasteiger partial charge in [0.2, 0.25) is 0 Å². The van der Waals surface area contributed by atoms with Crippen molar-refractivity contribution in [2.45, 2.75) is 34.1 Å². The monoisotopic (exact) mass is 540 g/mol. The van der Waals surface area contributed by atoms with Crippen molar-refractivity contribution in [3.63, 3.8) is 0 Å². The molecule has 4 nitrogen and oxygen atoms in total. The molecule has 0 aromatic heterocycles. The summed E-state index contributed by atoms with van der Waals surface area (Å²) >= 11 is 0. The van der Waals surface area contributed by atoms with E-state index in [4.69, 9.17) is 0 Å². The van der Waals surface area contributed by atoms with Crippen molar-refractivity contribution >= 4 is 61.0 Å². The Balaban J connectivity index is -0.00000225. The highest BCUT2D eigenvalue weighted by Crippen LogP contribution is 2.16. The third kappa shape index (κ3) is 14.2. The third-order valence-electron chi connectivity index (χ3n) is 5.62. The first kappa shape index (κ1) is 36.7. The molecular formula is C25H44Cl4N4. The molecule has 0 aliphatic rings. The Morgan fingerprint density at radius 2 is 0.818 bits per heavy atom. The maximum atomic E-state index is 3.52. The molecule has 0 unspecified atom stereocenters.